The van der Waals surface area contributed by atoms with Crippen molar-refractivity contribution in [3.63, 3.8) is 0 Å². The van der Waals surface area contributed by atoms with E-state index in [1.54, 1.807) is 13.2 Å². The van der Waals surface area contributed by atoms with Gasteiger partial charge in [-0.3, -0.25) is 0 Å². The first-order chi connectivity index (χ1) is 9.17. The molecule has 0 atom stereocenters. The Morgan fingerprint density at radius 2 is 1.63 bits per heavy atom. The van der Waals surface area contributed by atoms with Gasteiger partial charge in [-0.1, -0.05) is 19.9 Å². The summed E-state index contributed by atoms with van der Waals surface area (Å²) in [7, 11) is 1.62. The molecular weight excluding hydrogens is 240 g/mol. The maximum atomic E-state index is 5.65. The summed E-state index contributed by atoms with van der Waals surface area (Å²) in [6, 6.07) is 9.20. The Labute approximate surface area is 114 Å². The highest BCUT2D eigenvalue weighted by Gasteiger charge is 2.02. The van der Waals surface area contributed by atoms with Crippen molar-refractivity contribution in [2.45, 2.75) is 27.7 Å². The number of ether oxygens (including phenoxy) is 2. The molecule has 1 aromatic carbocycles. The van der Waals surface area contributed by atoms with Gasteiger partial charge in [0.25, 0.3) is 0 Å². The van der Waals surface area contributed by atoms with Crippen LogP contribution in [0.2, 0.25) is 0 Å². The molecule has 102 valence electrons. The first kappa shape index (κ1) is 15.0. The van der Waals surface area contributed by atoms with Crippen molar-refractivity contribution >= 4 is 0 Å². The minimum Gasteiger partial charge on any atom is -0.497 e. The van der Waals surface area contributed by atoms with Crippen LogP contribution < -0.4 is 9.47 Å². The summed E-state index contributed by atoms with van der Waals surface area (Å²) in [6.45, 7) is 7.75. The van der Waals surface area contributed by atoms with E-state index < -0.39 is 0 Å². The molecule has 0 fully saturated rings. The fraction of sp³-hybridized carbons (Fsp3) is 0.333. The normalized spacial score (nSPS) is 9.32. The molecule has 0 aliphatic rings. The molecule has 0 amide bonds. The van der Waals surface area contributed by atoms with E-state index in [0.29, 0.717) is 17.5 Å². The Morgan fingerprint density at radius 1 is 0.947 bits per heavy atom. The van der Waals surface area contributed by atoms with Crippen molar-refractivity contribution in [2.75, 3.05) is 7.11 Å². The molecule has 2 aromatic rings. The highest BCUT2D eigenvalue weighted by Crippen LogP contribution is 2.24. The van der Waals surface area contributed by atoms with Crippen LogP contribution in [0.1, 0.15) is 25.4 Å². The van der Waals surface area contributed by atoms with Gasteiger partial charge in [0.1, 0.15) is 17.3 Å². The topological polar surface area (TPSA) is 44.2 Å². The Kier molecular flexibility index (Phi) is 5.79. The predicted octanol–water partition coefficient (Wildman–Crippen LogP) is 3.92. The Balaban J connectivity index is 0.000000861. The van der Waals surface area contributed by atoms with E-state index in [-0.39, 0.29) is 0 Å². The number of methoxy groups -OCH3 is 1. The van der Waals surface area contributed by atoms with Crippen molar-refractivity contribution in [2.24, 2.45) is 0 Å². The number of nitrogens with zero attached hydrogens (tertiary/aromatic N) is 2. The summed E-state index contributed by atoms with van der Waals surface area (Å²) >= 11 is 0. The second-order valence-corrected chi connectivity index (χ2v) is 3.68. The van der Waals surface area contributed by atoms with Gasteiger partial charge in [-0.25, -0.2) is 4.98 Å². The third-order valence-corrected chi connectivity index (χ3v) is 2.21. The van der Waals surface area contributed by atoms with Crippen LogP contribution in [0, 0.1) is 13.8 Å². The molecule has 4 heteroatoms. The average molecular weight is 260 g/mol. The quantitative estimate of drug-likeness (QED) is 0.839. The standard InChI is InChI=1S/C13H14N2O2.C2H6/c1-9-7-13(15-10(2)14-9)17-12-6-4-5-11(8-12)16-3;1-2/h4-8H,1-3H3;1-2H3. The SMILES string of the molecule is CC.COc1cccc(Oc2cc(C)nc(C)n2)c1. The Bertz CT molecular complexity index is 507. The van der Waals surface area contributed by atoms with Crippen LogP contribution >= 0.6 is 0 Å². The molecule has 0 saturated carbocycles. The molecule has 0 unspecified atom stereocenters. The lowest BCUT2D eigenvalue weighted by Crippen LogP contribution is -1.95. The largest absolute Gasteiger partial charge is 0.497 e. The number of hydrogen-bond acceptors (Lipinski definition) is 4. The van der Waals surface area contributed by atoms with Gasteiger partial charge in [0.2, 0.25) is 5.88 Å². The summed E-state index contributed by atoms with van der Waals surface area (Å²) in [6.07, 6.45) is 0. The highest BCUT2D eigenvalue weighted by molar-refractivity contribution is 5.35. The maximum absolute atomic E-state index is 5.65. The second-order valence-electron chi connectivity index (χ2n) is 3.68. The van der Waals surface area contributed by atoms with E-state index in [9.17, 15) is 0 Å². The molecule has 1 heterocycles. The number of rotatable bonds is 3. The molecule has 0 N–H and O–H groups in total. The molecule has 4 nitrogen and oxygen atoms in total. The fourth-order valence-electron chi connectivity index (χ4n) is 1.52. The van der Waals surface area contributed by atoms with Crippen molar-refractivity contribution in [3.8, 4) is 17.4 Å². The van der Waals surface area contributed by atoms with E-state index in [1.165, 1.54) is 0 Å². The van der Waals surface area contributed by atoms with Crippen molar-refractivity contribution < 1.29 is 9.47 Å². The fourth-order valence-corrected chi connectivity index (χ4v) is 1.52. The maximum Gasteiger partial charge on any atom is 0.222 e. The Hall–Kier alpha value is -2.10. The Morgan fingerprint density at radius 3 is 2.26 bits per heavy atom. The van der Waals surface area contributed by atoms with Crippen LogP contribution in [-0.2, 0) is 0 Å². The van der Waals surface area contributed by atoms with Crippen LogP contribution in [0.4, 0.5) is 0 Å². The second kappa shape index (κ2) is 7.36. The molecular formula is C15H20N2O2. The molecule has 0 bridgehead atoms. The third kappa shape index (κ3) is 4.58. The zero-order valence-electron chi connectivity index (χ0n) is 12.1. The summed E-state index contributed by atoms with van der Waals surface area (Å²) in [5, 5.41) is 0. The smallest absolute Gasteiger partial charge is 0.222 e. The van der Waals surface area contributed by atoms with Crippen LogP contribution in [0.5, 0.6) is 17.4 Å². The lowest BCUT2D eigenvalue weighted by molar-refractivity contribution is 0.407. The third-order valence-electron chi connectivity index (χ3n) is 2.21. The van der Waals surface area contributed by atoms with Crippen LogP contribution in [0.3, 0.4) is 0 Å². The lowest BCUT2D eigenvalue weighted by atomic mass is 10.3. The van der Waals surface area contributed by atoms with Crippen molar-refractivity contribution in [1.82, 2.24) is 9.97 Å². The van der Waals surface area contributed by atoms with E-state index in [0.717, 1.165) is 11.4 Å². The number of aromatic nitrogens is 2. The zero-order valence-corrected chi connectivity index (χ0v) is 12.1. The average Bonchev–Trinajstić information content (AvgIpc) is 2.40. The number of benzene rings is 1. The van der Waals surface area contributed by atoms with Crippen molar-refractivity contribution in [3.05, 3.63) is 41.9 Å². The van der Waals surface area contributed by atoms with Gasteiger partial charge in [0.15, 0.2) is 0 Å². The van der Waals surface area contributed by atoms with Crippen LogP contribution in [0.15, 0.2) is 30.3 Å². The van der Waals surface area contributed by atoms with E-state index >= 15 is 0 Å². The van der Waals surface area contributed by atoms with E-state index in [1.807, 2.05) is 52.0 Å². The molecule has 0 aliphatic heterocycles. The molecule has 19 heavy (non-hydrogen) atoms. The van der Waals surface area contributed by atoms with E-state index in [4.69, 9.17) is 9.47 Å². The summed E-state index contributed by atoms with van der Waals surface area (Å²) < 4.78 is 10.8. The predicted molar refractivity (Wildman–Crippen MR) is 75.9 cm³/mol. The summed E-state index contributed by atoms with van der Waals surface area (Å²) in [4.78, 5) is 8.40. The van der Waals surface area contributed by atoms with Gasteiger partial charge in [0, 0.05) is 17.8 Å². The molecule has 2 rings (SSSR count). The molecule has 0 spiro atoms. The molecule has 0 saturated heterocycles. The highest BCUT2D eigenvalue weighted by atomic mass is 16.5. The zero-order chi connectivity index (χ0) is 14.3. The van der Waals surface area contributed by atoms with Gasteiger partial charge in [-0.15, -0.1) is 0 Å². The van der Waals surface area contributed by atoms with Crippen molar-refractivity contribution in [1.29, 1.82) is 0 Å². The molecule has 0 aliphatic carbocycles. The number of aryl methyl sites for hydroxylation is 2. The first-order valence-electron chi connectivity index (χ1n) is 6.31. The summed E-state index contributed by atoms with van der Waals surface area (Å²) in [5.41, 5.74) is 0.885. The van der Waals surface area contributed by atoms with Gasteiger partial charge >= 0.3 is 0 Å². The summed E-state index contributed by atoms with van der Waals surface area (Å²) in [5.74, 6) is 2.69. The lowest BCUT2D eigenvalue weighted by Gasteiger charge is -2.07. The molecule has 0 radical (unpaired) electrons. The number of hydrogen-bond donors (Lipinski definition) is 0. The monoisotopic (exact) mass is 260 g/mol. The van der Waals surface area contributed by atoms with Crippen LogP contribution in [0.25, 0.3) is 0 Å². The first-order valence-corrected chi connectivity index (χ1v) is 6.31. The van der Waals surface area contributed by atoms with E-state index in [2.05, 4.69) is 9.97 Å². The van der Waals surface area contributed by atoms with Gasteiger partial charge < -0.3 is 9.47 Å². The van der Waals surface area contributed by atoms with Gasteiger partial charge in [-0.2, -0.15) is 4.98 Å². The minimum atomic E-state index is 0.545. The van der Waals surface area contributed by atoms with Gasteiger partial charge in [0.05, 0.1) is 7.11 Å². The minimum absolute atomic E-state index is 0.545. The molecule has 1 aromatic heterocycles. The van der Waals surface area contributed by atoms with Gasteiger partial charge in [-0.05, 0) is 26.0 Å². The van der Waals surface area contributed by atoms with Crippen LogP contribution in [-0.4, -0.2) is 17.1 Å².